The molecule has 2 aromatic rings. The zero-order valence-corrected chi connectivity index (χ0v) is 15.0. The Kier molecular flexibility index (Phi) is 7.58. The van der Waals surface area contributed by atoms with Crippen molar-refractivity contribution in [1.82, 2.24) is 14.8 Å². The van der Waals surface area contributed by atoms with E-state index < -0.39 is 11.9 Å². The smallest absolute Gasteiger partial charge is 0.414 e. The number of amides is 1. The van der Waals surface area contributed by atoms with E-state index in [-0.39, 0.29) is 11.7 Å². The van der Waals surface area contributed by atoms with Crippen molar-refractivity contribution in [3.8, 4) is 0 Å². The van der Waals surface area contributed by atoms with Gasteiger partial charge < -0.3 is 15.1 Å². The lowest BCUT2D eigenvalue weighted by Gasteiger charge is -2.34. The molecule has 1 amide bonds. The Morgan fingerprint density at radius 1 is 0.964 bits per heavy atom. The number of hydrogen-bond acceptors (Lipinski definition) is 5. The first-order valence-corrected chi connectivity index (χ1v) is 8.49. The normalized spacial score (nSPS) is 14.0. The number of carbonyl (C=O) groups is 3. The summed E-state index contributed by atoms with van der Waals surface area (Å²) in [7, 11) is 0. The van der Waals surface area contributed by atoms with Crippen molar-refractivity contribution < 1.29 is 29.0 Å². The number of piperazine rings is 1. The third kappa shape index (κ3) is 6.44. The topological polar surface area (TPSA) is 111 Å². The lowest BCUT2D eigenvalue weighted by atomic mass is 10.1. The van der Waals surface area contributed by atoms with Crippen molar-refractivity contribution in [3.63, 3.8) is 0 Å². The van der Waals surface area contributed by atoms with Crippen LogP contribution in [-0.2, 0) is 16.1 Å². The minimum Gasteiger partial charge on any atom is -0.473 e. The molecule has 1 aromatic carbocycles. The highest BCUT2D eigenvalue weighted by Crippen LogP contribution is 2.12. The maximum atomic E-state index is 13.2. The molecule has 0 bridgehead atoms. The van der Waals surface area contributed by atoms with Gasteiger partial charge in [-0.05, 0) is 35.9 Å². The first-order chi connectivity index (χ1) is 13.4. The first-order valence-electron chi connectivity index (χ1n) is 8.49. The van der Waals surface area contributed by atoms with E-state index in [1.165, 1.54) is 17.7 Å². The van der Waals surface area contributed by atoms with E-state index in [9.17, 15) is 9.18 Å². The van der Waals surface area contributed by atoms with Gasteiger partial charge in [-0.25, -0.2) is 14.0 Å². The van der Waals surface area contributed by atoms with Crippen LogP contribution in [0.4, 0.5) is 4.39 Å². The van der Waals surface area contributed by atoms with Gasteiger partial charge in [-0.1, -0.05) is 6.07 Å². The fourth-order valence-electron chi connectivity index (χ4n) is 2.66. The van der Waals surface area contributed by atoms with Crippen molar-refractivity contribution >= 4 is 17.8 Å². The quantitative estimate of drug-likeness (QED) is 0.762. The number of carboxylic acids is 2. The van der Waals surface area contributed by atoms with Gasteiger partial charge >= 0.3 is 11.9 Å². The Morgan fingerprint density at radius 2 is 1.57 bits per heavy atom. The number of rotatable bonds is 3. The molecule has 1 aliphatic heterocycles. The van der Waals surface area contributed by atoms with Crippen LogP contribution in [0.2, 0.25) is 0 Å². The Bertz CT molecular complexity index is 811. The molecule has 1 saturated heterocycles. The van der Waals surface area contributed by atoms with Crippen molar-refractivity contribution in [3.05, 3.63) is 65.7 Å². The van der Waals surface area contributed by atoms with Crippen LogP contribution in [0.5, 0.6) is 0 Å². The van der Waals surface area contributed by atoms with E-state index in [0.29, 0.717) is 18.7 Å². The molecular formula is C19H20FN3O5. The number of pyridine rings is 1. The molecule has 0 aliphatic carbocycles. The molecule has 0 saturated carbocycles. The molecule has 0 spiro atoms. The van der Waals surface area contributed by atoms with Crippen LogP contribution in [-0.4, -0.2) is 69.0 Å². The molecule has 0 atom stereocenters. The Labute approximate surface area is 160 Å². The Balaban J connectivity index is 0.000000409. The molecule has 8 nitrogen and oxygen atoms in total. The van der Waals surface area contributed by atoms with Crippen molar-refractivity contribution in [2.45, 2.75) is 6.54 Å². The maximum absolute atomic E-state index is 13.2. The van der Waals surface area contributed by atoms with Crippen molar-refractivity contribution in [2.75, 3.05) is 26.2 Å². The van der Waals surface area contributed by atoms with Crippen LogP contribution in [0, 0.1) is 5.82 Å². The molecule has 148 valence electrons. The lowest BCUT2D eigenvalue weighted by molar-refractivity contribution is -0.159. The zero-order valence-electron chi connectivity index (χ0n) is 15.0. The third-order valence-electron chi connectivity index (χ3n) is 4.07. The summed E-state index contributed by atoms with van der Waals surface area (Å²) in [4.78, 5) is 38.7. The number of aliphatic carboxylic acids is 2. The Hall–Kier alpha value is -3.33. The summed E-state index contributed by atoms with van der Waals surface area (Å²) in [5.41, 5.74) is 1.64. The zero-order chi connectivity index (χ0) is 20.5. The number of carbonyl (C=O) groups excluding carboxylic acids is 1. The summed E-state index contributed by atoms with van der Waals surface area (Å²) < 4.78 is 13.2. The van der Waals surface area contributed by atoms with E-state index in [4.69, 9.17) is 19.8 Å². The lowest BCUT2D eigenvalue weighted by Crippen LogP contribution is -2.48. The fourth-order valence-corrected chi connectivity index (χ4v) is 2.66. The van der Waals surface area contributed by atoms with Gasteiger partial charge in [0.1, 0.15) is 5.82 Å². The van der Waals surface area contributed by atoms with Crippen molar-refractivity contribution in [1.29, 1.82) is 0 Å². The van der Waals surface area contributed by atoms with E-state index in [1.807, 2.05) is 12.1 Å². The monoisotopic (exact) mass is 389 g/mol. The number of aromatic nitrogens is 1. The van der Waals surface area contributed by atoms with Crippen LogP contribution in [0.15, 0.2) is 48.8 Å². The van der Waals surface area contributed by atoms with E-state index in [0.717, 1.165) is 19.6 Å². The van der Waals surface area contributed by atoms with Gasteiger partial charge in [0.15, 0.2) is 0 Å². The summed E-state index contributed by atoms with van der Waals surface area (Å²) in [6, 6.07) is 9.89. The second kappa shape index (κ2) is 10.1. The minimum absolute atomic E-state index is 0.0944. The second-order valence-corrected chi connectivity index (χ2v) is 6.04. The molecule has 1 aromatic heterocycles. The molecule has 2 N–H and O–H groups in total. The first kappa shape index (κ1) is 21.0. The number of benzene rings is 1. The molecule has 2 heterocycles. The molecular weight excluding hydrogens is 369 g/mol. The highest BCUT2D eigenvalue weighted by Gasteiger charge is 2.22. The fraction of sp³-hybridized carbons (Fsp3) is 0.263. The predicted molar refractivity (Wildman–Crippen MR) is 97.1 cm³/mol. The van der Waals surface area contributed by atoms with E-state index >= 15 is 0 Å². The van der Waals surface area contributed by atoms with E-state index in [2.05, 4.69) is 9.88 Å². The molecule has 28 heavy (non-hydrogen) atoms. The second-order valence-electron chi connectivity index (χ2n) is 6.04. The summed E-state index contributed by atoms with van der Waals surface area (Å²) in [5, 5.41) is 14.8. The molecule has 9 heteroatoms. The molecule has 3 rings (SSSR count). The maximum Gasteiger partial charge on any atom is 0.414 e. The largest absolute Gasteiger partial charge is 0.473 e. The summed E-state index contributed by atoms with van der Waals surface area (Å²) in [6.07, 6.45) is 3.58. The van der Waals surface area contributed by atoms with Gasteiger partial charge in [0, 0.05) is 50.7 Å². The summed E-state index contributed by atoms with van der Waals surface area (Å²) >= 11 is 0. The van der Waals surface area contributed by atoms with Crippen LogP contribution < -0.4 is 0 Å². The van der Waals surface area contributed by atoms with Gasteiger partial charge in [-0.15, -0.1) is 0 Å². The summed E-state index contributed by atoms with van der Waals surface area (Å²) in [5.74, 6) is -4.12. The van der Waals surface area contributed by atoms with Gasteiger partial charge in [0.05, 0.1) is 0 Å². The SMILES string of the molecule is O=C(O)C(=O)O.O=C(c1cccc(F)c1)N1CCN(Cc2ccncc2)CC1. The number of carboxylic acid groups (broad SMARTS) is 2. The van der Waals surface area contributed by atoms with Gasteiger partial charge in [-0.2, -0.15) is 0 Å². The standard InChI is InChI=1S/C17H18FN3O.C2H2O4/c18-16-3-1-2-15(12-16)17(22)21-10-8-20(9-11-21)13-14-4-6-19-7-5-14;3-1(4)2(5)6/h1-7,12H,8-11,13H2;(H,3,4)(H,5,6). The van der Waals surface area contributed by atoms with Crippen LogP contribution in [0.25, 0.3) is 0 Å². The average molecular weight is 389 g/mol. The Morgan fingerprint density at radius 3 is 2.11 bits per heavy atom. The van der Waals surface area contributed by atoms with Crippen LogP contribution in [0.1, 0.15) is 15.9 Å². The van der Waals surface area contributed by atoms with Crippen molar-refractivity contribution in [2.24, 2.45) is 0 Å². The van der Waals surface area contributed by atoms with Gasteiger partial charge in [-0.3, -0.25) is 14.7 Å². The van der Waals surface area contributed by atoms with Crippen LogP contribution in [0.3, 0.4) is 0 Å². The minimum atomic E-state index is -1.82. The van der Waals surface area contributed by atoms with Gasteiger partial charge in [0.25, 0.3) is 5.91 Å². The highest BCUT2D eigenvalue weighted by molar-refractivity contribution is 6.27. The predicted octanol–water partition coefficient (Wildman–Crippen LogP) is 1.33. The number of halogens is 1. The van der Waals surface area contributed by atoms with Crippen LogP contribution >= 0.6 is 0 Å². The number of nitrogens with zero attached hydrogens (tertiary/aromatic N) is 3. The number of hydrogen-bond donors (Lipinski definition) is 2. The highest BCUT2D eigenvalue weighted by atomic mass is 19.1. The molecule has 0 unspecified atom stereocenters. The molecule has 1 fully saturated rings. The third-order valence-corrected chi connectivity index (χ3v) is 4.07. The van der Waals surface area contributed by atoms with E-state index in [1.54, 1.807) is 29.4 Å². The van der Waals surface area contributed by atoms with Gasteiger partial charge in [0.2, 0.25) is 0 Å². The molecule has 1 aliphatic rings. The summed E-state index contributed by atoms with van der Waals surface area (Å²) in [6.45, 7) is 3.85. The molecule has 0 radical (unpaired) electrons. The average Bonchev–Trinajstić information content (AvgIpc) is 2.69.